The minimum Gasteiger partial charge on any atom is -0.383 e. The second kappa shape index (κ2) is 4.96. The van der Waals surface area contributed by atoms with Crippen LogP contribution in [0.3, 0.4) is 0 Å². The summed E-state index contributed by atoms with van der Waals surface area (Å²) < 4.78 is 27.9. The van der Waals surface area contributed by atoms with E-state index in [1.54, 1.807) is 14.0 Å². The molecular weight excluding hydrogens is 188 g/mol. The van der Waals surface area contributed by atoms with Gasteiger partial charge in [-0.15, -0.1) is 0 Å². The van der Waals surface area contributed by atoms with Gasteiger partial charge in [-0.2, -0.15) is 0 Å². The van der Waals surface area contributed by atoms with Crippen LogP contribution in [0.2, 0.25) is 0 Å². The summed E-state index contributed by atoms with van der Waals surface area (Å²) in [6.45, 7) is 5.78. The van der Waals surface area contributed by atoms with Crippen molar-refractivity contribution in [3.8, 4) is 0 Å². The lowest BCUT2D eigenvalue weighted by molar-refractivity contribution is 0.159. The summed E-state index contributed by atoms with van der Waals surface area (Å²) in [4.78, 5) is 0. The zero-order chi connectivity index (χ0) is 10.5. The molecule has 0 spiro atoms. The summed E-state index contributed by atoms with van der Waals surface area (Å²) in [6, 6.07) is 0. The highest BCUT2D eigenvalue weighted by molar-refractivity contribution is 7.92. The molecule has 0 aliphatic heterocycles. The molecule has 0 N–H and O–H groups in total. The molecule has 13 heavy (non-hydrogen) atoms. The maximum absolute atomic E-state index is 11.8. The predicted molar refractivity (Wildman–Crippen MR) is 54.6 cm³/mol. The molecule has 0 bridgehead atoms. The molecule has 0 saturated heterocycles. The van der Waals surface area contributed by atoms with Gasteiger partial charge in [-0.05, 0) is 12.8 Å². The molecule has 0 atom stereocenters. The zero-order valence-corrected chi connectivity index (χ0v) is 9.78. The molecule has 80 valence electrons. The van der Waals surface area contributed by atoms with Crippen LogP contribution in [0.15, 0.2) is 0 Å². The molecule has 0 rings (SSSR count). The summed E-state index contributed by atoms with van der Waals surface area (Å²) >= 11 is 0. The van der Waals surface area contributed by atoms with Gasteiger partial charge in [0.25, 0.3) is 0 Å². The van der Waals surface area contributed by atoms with E-state index in [4.69, 9.17) is 4.74 Å². The van der Waals surface area contributed by atoms with E-state index in [9.17, 15) is 8.42 Å². The van der Waals surface area contributed by atoms with Crippen molar-refractivity contribution in [3.05, 3.63) is 0 Å². The Kier molecular flexibility index (Phi) is 4.92. The Labute approximate surface area is 81.4 Å². The van der Waals surface area contributed by atoms with E-state index < -0.39 is 14.6 Å². The van der Waals surface area contributed by atoms with Crippen LogP contribution in [-0.2, 0) is 14.6 Å². The highest BCUT2D eigenvalue weighted by atomic mass is 32.2. The second-order valence-electron chi connectivity index (χ2n) is 3.23. The van der Waals surface area contributed by atoms with Crippen molar-refractivity contribution < 1.29 is 13.2 Å². The Morgan fingerprint density at radius 2 is 1.62 bits per heavy atom. The van der Waals surface area contributed by atoms with Crippen LogP contribution in [0.4, 0.5) is 0 Å². The van der Waals surface area contributed by atoms with Gasteiger partial charge in [-0.3, -0.25) is 0 Å². The van der Waals surface area contributed by atoms with E-state index in [2.05, 4.69) is 0 Å². The van der Waals surface area contributed by atoms with Crippen molar-refractivity contribution in [1.29, 1.82) is 0 Å². The molecule has 4 heteroatoms. The van der Waals surface area contributed by atoms with Crippen LogP contribution in [0.25, 0.3) is 0 Å². The SMILES string of the molecule is CCC(CC)(COC)S(=O)(=O)CC. The largest absolute Gasteiger partial charge is 0.383 e. The molecule has 0 saturated carbocycles. The molecule has 0 amide bonds. The highest BCUT2D eigenvalue weighted by Crippen LogP contribution is 2.26. The first-order chi connectivity index (χ1) is 5.99. The van der Waals surface area contributed by atoms with Crippen molar-refractivity contribution in [2.45, 2.75) is 38.4 Å². The van der Waals surface area contributed by atoms with Crippen LogP contribution >= 0.6 is 0 Å². The molecule has 0 fully saturated rings. The number of ether oxygens (including phenoxy) is 1. The maximum Gasteiger partial charge on any atom is 0.157 e. The number of rotatable bonds is 6. The third-order valence-electron chi connectivity index (χ3n) is 2.74. The highest BCUT2D eigenvalue weighted by Gasteiger charge is 2.39. The van der Waals surface area contributed by atoms with Crippen LogP contribution in [0.1, 0.15) is 33.6 Å². The first-order valence-corrected chi connectivity index (χ1v) is 6.36. The Balaban J connectivity index is 4.97. The fourth-order valence-corrected chi connectivity index (χ4v) is 3.34. The van der Waals surface area contributed by atoms with Gasteiger partial charge in [0.05, 0.1) is 11.4 Å². The van der Waals surface area contributed by atoms with E-state index in [1.165, 1.54) is 0 Å². The Morgan fingerprint density at radius 1 is 1.15 bits per heavy atom. The van der Waals surface area contributed by atoms with Gasteiger partial charge in [-0.1, -0.05) is 20.8 Å². The van der Waals surface area contributed by atoms with Crippen molar-refractivity contribution in [3.63, 3.8) is 0 Å². The van der Waals surface area contributed by atoms with Gasteiger partial charge in [0.1, 0.15) is 0 Å². The lowest BCUT2D eigenvalue weighted by Crippen LogP contribution is -2.42. The molecule has 0 aliphatic rings. The lowest BCUT2D eigenvalue weighted by atomic mass is 10.0. The first-order valence-electron chi connectivity index (χ1n) is 4.71. The van der Waals surface area contributed by atoms with Crippen molar-refractivity contribution in [2.75, 3.05) is 19.5 Å². The molecule has 3 nitrogen and oxygen atoms in total. The molecule has 0 unspecified atom stereocenters. The summed E-state index contributed by atoms with van der Waals surface area (Å²) in [5.74, 6) is 0.192. The van der Waals surface area contributed by atoms with Gasteiger partial charge < -0.3 is 4.74 Å². The average Bonchev–Trinajstić information content (AvgIpc) is 2.14. The first kappa shape index (κ1) is 12.9. The van der Waals surface area contributed by atoms with E-state index in [-0.39, 0.29) is 5.75 Å². The fraction of sp³-hybridized carbons (Fsp3) is 1.00. The normalized spacial score (nSPS) is 13.2. The predicted octanol–water partition coefficient (Wildman–Crippen LogP) is 1.63. The Bertz CT molecular complexity index is 227. The van der Waals surface area contributed by atoms with Gasteiger partial charge in [0.2, 0.25) is 0 Å². The lowest BCUT2D eigenvalue weighted by Gasteiger charge is -2.29. The van der Waals surface area contributed by atoms with Crippen molar-refractivity contribution >= 4 is 9.84 Å². The molecular formula is C9H20O3S. The fourth-order valence-electron chi connectivity index (χ4n) is 1.55. The Morgan fingerprint density at radius 3 is 1.85 bits per heavy atom. The molecule has 0 aromatic carbocycles. The second-order valence-corrected chi connectivity index (χ2v) is 5.90. The summed E-state index contributed by atoms with van der Waals surface area (Å²) in [5.41, 5.74) is 0. The summed E-state index contributed by atoms with van der Waals surface area (Å²) in [7, 11) is -1.46. The monoisotopic (exact) mass is 208 g/mol. The van der Waals surface area contributed by atoms with Gasteiger partial charge >= 0.3 is 0 Å². The van der Waals surface area contributed by atoms with Crippen molar-refractivity contribution in [1.82, 2.24) is 0 Å². The van der Waals surface area contributed by atoms with Crippen LogP contribution in [-0.4, -0.2) is 32.6 Å². The standard InChI is InChI=1S/C9H20O3S/c1-5-9(6-2,8-12-4)13(10,11)7-3/h5-8H2,1-4H3. The van der Waals surface area contributed by atoms with Gasteiger partial charge in [-0.25, -0.2) is 8.42 Å². The maximum atomic E-state index is 11.8. The Hall–Kier alpha value is -0.0900. The minimum absolute atomic E-state index is 0.192. The summed E-state index contributed by atoms with van der Waals surface area (Å²) in [5, 5.41) is 0. The van der Waals surface area contributed by atoms with E-state index in [0.29, 0.717) is 19.4 Å². The van der Waals surface area contributed by atoms with E-state index in [1.807, 2.05) is 13.8 Å². The van der Waals surface area contributed by atoms with Crippen LogP contribution < -0.4 is 0 Å². The zero-order valence-electron chi connectivity index (χ0n) is 8.96. The van der Waals surface area contributed by atoms with Gasteiger partial charge in [0, 0.05) is 12.9 Å². The summed E-state index contributed by atoms with van der Waals surface area (Å²) in [6.07, 6.45) is 1.24. The third-order valence-corrected chi connectivity index (χ3v) is 5.51. The average molecular weight is 208 g/mol. The van der Waals surface area contributed by atoms with Crippen molar-refractivity contribution in [2.24, 2.45) is 0 Å². The number of sulfone groups is 1. The minimum atomic E-state index is -3.01. The smallest absolute Gasteiger partial charge is 0.157 e. The molecule has 0 heterocycles. The van der Waals surface area contributed by atoms with Crippen LogP contribution in [0.5, 0.6) is 0 Å². The number of hydrogen-bond donors (Lipinski definition) is 0. The number of hydrogen-bond acceptors (Lipinski definition) is 3. The molecule has 0 aromatic heterocycles. The molecule has 0 aliphatic carbocycles. The number of methoxy groups -OCH3 is 1. The third kappa shape index (κ3) is 2.44. The molecule has 0 radical (unpaired) electrons. The van der Waals surface area contributed by atoms with E-state index >= 15 is 0 Å². The topological polar surface area (TPSA) is 43.4 Å². The van der Waals surface area contributed by atoms with Gasteiger partial charge in [0.15, 0.2) is 9.84 Å². The molecule has 0 aromatic rings. The quantitative estimate of drug-likeness (QED) is 0.666. The van der Waals surface area contributed by atoms with Crippen LogP contribution in [0, 0.1) is 0 Å². The van der Waals surface area contributed by atoms with E-state index in [0.717, 1.165) is 0 Å².